The Morgan fingerprint density at radius 3 is 2.78 bits per heavy atom. The summed E-state index contributed by atoms with van der Waals surface area (Å²) < 4.78 is 22.4. The number of carbonyl (C=O) groups is 1. The van der Waals surface area contributed by atoms with Crippen LogP contribution in [0.1, 0.15) is 0 Å². The summed E-state index contributed by atoms with van der Waals surface area (Å²) in [6.45, 7) is -0.288. The van der Waals surface area contributed by atoms with Crippen molar-refractivity contribution in [1.82, 2.24) is 0 Å². The maximum Gasteiger partial charge on any atom is 0.347 e. The lowest BCUT2D eigenvalue weighted by atomic mass is 10.3. The van der Waals surface area contributed by atoms with Crippen molar-refractivity contribution in [2.45, 2.75) is 6.10 Å². The standard InChI is InChI=1S/C10H10FNO6/c1-17-5-9(10(13)14)18-8-3-2-6(11)4-7(8)12(15)16/h2-4,9H,5H2,1H3,(H,13,14). The van der Waals surface area contributed by atoms with Gasteiger partial charge in [-0.05, 0) is 12.1 Å². The summed E-state index contributed by atoms with van der Waals surface area (Å²) in [6.07, 6.45) is -1.40. The van der Waals surface area contributed by atoms with Gasteiger partial charge in [-0.2, -0.15) is 0 Å². The van der Waals surface area contributed by atoms with E-state index < -0.39 is 28.5 Å². The fourth-order valence-electron chi connectivity index (χ4n) is 1.19. The molecular formula is C10H10FNO6. The Hall–Kier alpha value is -2.22. The van der Waals surface area contributed by atoms with Gasteiger partial charge in [0.2, 0.25) is 6.10 Å². The summed E-state index contributed by atoms with van der Waals surface area (Å²) in [7, 11) is 1.26. The monoisotopic (exact) mass is 259 g/mol. The van der Waals surface area contributed by atoms with Crippen LogP contribution in [0.2, 0.25) is 0 Å². The van der Waals surface area contributed by atoms with E-state index in [0.29, 0.717) is 6.07 Å². The highest BCUT2D eigenvalue weighted by molar-refractivity contribution is 5.73. The number of benzene rings is 1. The Labute approximate surface area is 101 Å². The summed E-state index contributed by atoms with van der Waals surface area (Å²) in [4.78, 5) is 20.6. The molecule has 0 bridgehead atoms. The van der Waals surface area contributed by atoms with Crippen LogP contribution in [0.15, 0.2) is 18.2 Å². The number of nitro groups is 1. The average molecular weight is 259 g/mol. The third kappa shape index (κ3) is 3.39. The average Bonchev–Trinajstić information content (AvgIpc) is 2.30. The molecule has 1 atom stereocenters. The van der Waals surface area contributed by atoms with E-state index in [9.17, 15) is 19.3 Å². The Bertz CT molecular complexity index is 464. The molecule has 0 aliphatic rings. The zero-order chi connectivity index (χ0) is 13.7. The summed E-state index contributed by atoms with van der Waals surface area (Å²) >= 11 is 0. The highest BCUT2D eigenvalue weighted by Crippen LogP contribution is 2.28. The van der Waals surface area contributed by atoms with Gasteiger partial charge in [0.15, 0.2) is 5.75 Å². The van der Waals surface area contributed by atoms with Gasteiger partial charge >= 0.3 is 11.7 Å². The quantitative estimate of drug-likeness (QED) is 0.609. The predicted molar refractivity (Wildman–Crippen MR) is 57.0 cm³/mol. The molecule has 0 aliphatic carbocycles. The molecule has 1 rings (SSSR count). The van der Waals surface area contributed by atoms with Crippen molar-refractivity contribution in [3.8, 4) is 5.75 Å². The molecule has 0 radical (unpaired) electrons. The minimum absolute atomic E-state index is 0.288. The van der Waals surface area contributed by atoms with Crippen LogP contribution in [-0.4, -0.2) is 35.8 Å². The lowest BCUT2D eigenvalue weighted by molar-refractivity contribution is -0.386. The highest BCUT2D eigenvalue weighted by atomic mass is 19.1. The normalized spacial score (nSPS) is 11.9. The van der Waals surface area contributed by atoms with Crippen LogP contribution in [0.25, 0.3) is 0 Å². The largest absolute Gasteiger partial charge is 0.478 e. The molecule has 18 heavy (non-hydrogen) atoms. The highest BCUT2D eigenvalue weighted by Gasteiger charge is 2.24. The SMILES string of the molecule is COCC(Oc1ccc(F)cc1[N+](=O)[O-])C(=O)O. The molecule has 8 heteroatoms. The van der Waals surface area contributed by atoms with Gasteiger partial charge in [-0.1, -0.05) is 0 Å². The van der Waals surface area contributed by atoms with Gasteiger partial charge in [-0.3, -0.25) is 10.1 Å². The van der Waals surface area contributed by atoms with Crippen LogP contribution in [0.3, 0.4) is 0 Å². The van der Waals surface area contributed by atoms with Gasteiger partial charge in [0.25, 0.3) is 0 Å². The molecule has 1 aromatic rings. The number of methoxy groups -OCH3 is 1. The third-order valence-electron chi connectivity index (χ3n) is 1.98. The molecule has 0 aliphatic heterocycles. The number of hydrogen-bond donors (Lipinski definition) is 1. The summed E-state index contributed by atoms with van der Waals surface area (Å²) in [6, 6.07) is 2.59. The van der Waals surface area contributed by atoms with Gasteiger partial charge < -0.3 is 14.6 Å². The van der Waals surface area contributed by atoms with E-state index in [1.54, 1.807) is 0 Å². The van der Waals surface area contributed by atoms with Crippen molar-refractivity contribution >= 4 is 11.7 Å². The van der Waals surface area contributed by atoms with E-state index in [4.69, 9.17) is 9.84 Å². The molecule has 1 aromatic carbocycles. The first-order chi connectivity index (χ1) is 8.45. The van der Waals surface area contributed by atoms with Gasteiger partial charge in [0.1, 0.15) is 5.82 Å². The van der Waals surface area contributed by atoms with E-state index in [2.05, 4.69) is 4.74 Å². The zero-order valence-electron chi connectivity index (χ0n) is 9.33. The second kappa shape index (κ2) is 5.92. The summed E-state index contributed by atoms with van der Waals surface area (Å²) in [5, 5.41) is 19.5. The fraction of sp³-hybridized carbons (Fsp3) is 0.300. The van der Waals surface area contributed by atoms with Gasteiger partial charge in [0.05, 0.1) is 17.6 Å². The van der Waals surface area contributed by atoms with Crippen molar-refractivity contribution in [3.05, 3.63) is 34.1 Å². The minimum atomic E-state index is -1.40. The Morgan fingerprint density at radius 2 is 2.28 bits per heavy atom. The van der Waals surface area contributed by atoms with Crippen LogP contribution >= 0.6 is 0 Å². The van der Waals surface area contributed by atoms with Crippen LogP contribution in [0.5, 0.6) is 5.75 Å². The Morgan fingerprint density at radius 1 is 1.61 bits per heavy atom. The number of carboxylic acids is 1. The number of nitrogens with zero attached hydrogens (tertiary/aromatic N) is 1. The van der Waals surface area contributed by atoms with Crippen molar-refractivity contribution in [1.29, 1.82) is 0 Å². The van der Waals surface area contributed by atoms with E-state index in [-0.39, 0.29) is 12.4 Å². The molecule has 0 saturated heterocycles. The molecule has 1 unspecified atom stereocenters. The first-order valence-electron chi connectivity index (χ1n) is 4.78. The molecule has 0 aromatic heterocycles. The number of halogens is 1. The minimum Gasteiger partial charge on any atom is -0.478 e. The van der Waals surface area contributed by atoms with E-state index in [0.717, 1.165) is 12.1 Å². The first-order valence-corrected chi connectivity index (χ1v) is 4.78. The van der Waals surface area contributed by atoms with Crippen molar-refractivity contribution in [2.24, 2.45) is 0 Å². The van der Waals surface area contributed by atoms with Crippen LogP contribution in [0, 0.1) is 15.9 Å². The molecule has 0 fully saturated rings. The van der Waals surface area contributed by atoms with E-state index >= 15 is 0 Å². The molecule has 98 valence electrons. The number of aliphatic carboxylic acids is 1. The molecule has 0 spiro atoms. The van der Waals surface area contributed by atoms with Gasteiger partial charge in [0, 0.05) is 7.11 Å². The summed E-state index contributed by atoms with van der Waals surface area (Å²) in [5.74, 6) is -2.48. The van der Waals surface area contributed by atoms with Crippen molar-refractivity contribution < 1.29 is 28.7 Å². The number of nitro benzene ring substituents is 1. The molecule has 0 amide bonds. The van der Waals surface area contributed by atoms with E-state index in [1.165, 1.54) is 7.11 Å². The topological polar surface area (TPSA) is 98.9 Å². The van der Waals surface area contributed by atoms with Crippen molar-refractivity contribution in [3.63, 3.8) is 0 Å². The van der Waals surface area contributed by atoms with Crippen LogP contribution < -0.4 is 4.74 Å². The molecule has 1 N–H and O–H groups in total. The van der Waals surface area contributed by atoms with E-state index in [1.807, 2.05) is 0 Å². The number of rotatable bonds is 6. The second-order valence-corrected chi connectivity index (χ2v) is 3.27. The first kappa shape index (κ1) is 13.8. The zero-order valence-corrected chi connectivity index (χ0v) is 9.33. The third-order valence-corrected chi connectivity index (χ3v) is 1.98. The maximum atomic E-state index is 12.9. The van der Waals surface area contributed by atoms with Crippen molar-refractivity contribution in [2.75, 3.05) is 13.7 Å². The number of hydrogen-bond acceptors (Lipinski definition) is 5. The molecular weight excluding hydrogens is 249 g/mol. The maximum absolute atomic E-state index is 12.9. The molecule has 0 saturated carbocycles. The number of ether oxygens (including phenoxy) is 2. The van der Waals surface area contributed by atoms with Crippen LogP contribution in [0.4, 0.5) is 10.1 Å². The van der Waals surface area contributed by atoms with Gasteiger partial charge in [-0.25, -0.2) is 9.18 Å². The lowest BCUT2D eigenvalue weighted by Gasteiger charge is -2.13. The van der Waals surface area contributed by atoms with Crippen LogP contribution in [-0.2, 0) is 9.53 Å². The number of carboxylic acid groups (broad SMARTS) is 1. The Kier molecular flexibility index (Phi) is 4.55. The van der Waals surface area contributed by atoms with Gasteiger partial charge in [-0.15, -0.1) is 0 Å². The molecule has 0 heterocycles. The lowest BCUT2D eigenvalue weighted by Crippen LogP contribution is -2.31. The summed E-state index contributed by atoms with van der Waals surface area (Å²) in [5.41, 5.74) is -0.641. The Balaban J connectivity index is 3.01. The predicted octanol–water partition coefficient (Wildman–Crippen LogP) is 1.21. The smallest absolute Gasteiger partial charge is 0.347 e. The second-order valence-electron chi connectivity index (χ2n) is 3.27. The molecule has 7 nitrogen and oxygen atoms in total. The fourth-order valence-corrected chi connectivity index (χ4v) is 1.19.